The molecule has 0 N–H and O–H groups in total. The number of esters is 1. The van der Waals surface area contributed by atoms with Crippen LogP contribution in [0.5, 0.6) is 0 Å². The number of rotatable bonds is 0. The second kappa shape index (κ2) is 2.73. The molecule has 66 valence electrons. The standard InChI is InChI=1S/C9H12O3/c1-9(2,3)4-6-7(10)5-12-8(6)11/h4H,5H2,1-3H3/b6-4-. The van der Waals surface area contributed by atoms with Gasteiger partial charge in [-0.05, 0) is 5.41 Å². The highest BCUT2D eigenvalue weighted by Gasteiger charge is 2.29. The van der Waals surface area contributed by atoms with Crippen LogP contribution >= 0.6 is 0 Å². The first-order valence-electron chi connectivity index (χ1n) is 3.83. The third-order valence-electron chi connectivity index (χ3n) is 1.43. The average Bonchev–Trinajstić information content (AvgIpc) is 2.16. The van der Waals surface area contributed by atoms with E-state index in [1.807, 2.05) is 20.8 Å². The molecule has 12 heavy (non-hydrogen) atoms. The topological polar surface area (TPSA) is 43.4 Å². The predicted molar refractivity (Wildman–Crippen MR) is 43.5 cm³/mol. The van der Waals surface area contributed by atoms with Crippen LogP contribution in [0.3, 0.4) is 0 Å². The van der Waals surface area contributed by atoms with E-state index < -0.39 is 5.97 Å². The van der Waals surface area contributed by atoms with Crippen LogP contribution in [0.2, 0.25) is 0 Å². The third-order valence-corrected chi connectivity index (χ3v) is 1.43. The van der Waals surface area contributed by atoms with Gasteiger partial charge in [0.25, 0.3) is 0 Å². The fourth-order valence-corrected chi connectivity index (χ4v) is 0.973. The largest absolute Gasteiger partial charge is 0.454 e. The van der Waals surface area contributed by atoms with E-state index in [0.29, 0.717) is 0 Å². The number of carbonyl (C=O) groups is 2. The number of allylic oxidation sites excluding steroid dienone is 1. The van der Waals surface area contributed by atoms with Crippen molar-refractivity contribution >= 4 is 11.8 Å². The van der Waals surface area contributed by atoms with Gasteiger partial charge in [-0.2, -0.15) is 0 Å². The number of hydrogen-bond donors (Lipinski definition) is 0. The van der Waals surface area contributed by atoms with Gasteiger partial charge in [-0.3, -0.25) is 4.79 Å². The first kappa shape index (κ1) is 8.97. The normalized spacial score (nSPS) is 21.8. The summed E-state index contributed by atoms with van der Waals surface area (Å²) in [5.41, 5.74) is 0.0384. The van der Waals surface area contributed by atoms with E-state index in [1.165, 1.54) is 0 Å². The highest BCUT2D eigenvalue weighted by molar-refractivity contribution is 6.21. The Balaban J connectivity index is 2.94. The van der Waals surface area contributed by atoms with Crippen LogP contribution < -0.4 is 0 Å². The second-order valence-electron chi connectivity index (χ2n) is 3.92. The summed E-state index contributed by atoms with van der Waals surface area (Å²) in [6, 6.07) is 0. The molecule has 0 spiro atoms. The van der Waals surface area contributed by atoms with Crippen molar-refractivity contribution in [1.29, 1.82) is 0 Å². The summed E-state index contributed by atoms with van der Waals surface area (Å²) < 4.78 is 4.57. The predicted octanol–water partition coefficient (Wildman–Crippen LogP) is 1.08. The van der Waals surface area contributed by atoms with Crippen LogP contribution in [0.4, 0.5) is 0 Å². The zero-order chi connectivity index (χ0) is 9.35. The van der Waals surface area contributed by atoms with Gasteiger partial charge in [0, 0.05) is 0 Å². The van der Waals surface area contributed by atoms with Gasteiger partial charge in [-0.15, -0.1) is 0 Å². The van der Waals surface area contributed by atoms with E-state index in [2.05, 4.69) is 4.74 Å². The first-order chi connectivity index (χ1) is 5.40. The second-order valence-corrected chi connectivity index (χ2v) is 3.92. The highest BCUT2D eigenvalue weighted by Crippen LogP contribution is 2.21. The maximum atomic E-state index is 11.0. The number of Topliss-reactive ketones (excluding diaryl/α,β-unsaturated/α-hetero) is 1. The Hall–Kier alpha value is -1.12. The van der Waals surface area contributed by atoms with Gasteiger partial charge >= 0.3 is 5.97 Å². The minimum atomic E-state index is -0.491. The SMILES string of the molecule is CC(C)(C)/C=C1/C(=O)COC1=O. The van der Waals surface area contributed by atoms with E-state index in [4.69, 9.17) is 0 Å². The molecule has 0 saturated carbocycles. The van der Waals surface area contributed by atoms with Gasteiger partial charge in [0.1, 0.15) is 5.57 Å². The maximum absolute atomic E-state index is 11.0. The van der Waals surface area contributed by atoms with Gasteiger partial charge < -0.3 is 4.74 Å². The van der Waals surface area contributed by atoms with Crippen molar-refractivity contribution in [3.63, 3.8) is 0 Å². The number of cyclic esters (lactones) is 1. The monoisotopic (exact) mass is 168 g/mol. The Labute approximate surface area is 71.4 Å². The summed E-state index contributed by atoms with van der Waals surface area (Å²) in [6.45, 7) is 5.69. The van der Waals surface area contributed by atoms with Crippen molar-refractivity contribution in [2.45, 2.75) is 20.8 Å². The van der Waals surface area contributed by atoms with Gasteiger partial charge in [-0.25, -0.2) is 4.79 Å². The van der Waals surface area contributed by atoms with Crippen molar-refractivity contribution in [2.75, 3.05) is 6.61 Å². The van der Waals surface area contributed by atoms with E-state index in [1.54, 1.807) is 6.08 Å². The van der Waals surface area contributed by atoms with Crippen molar-refractivity contribution in [1.82, 2.24) is 0 Å². The Morgan fingerprint density at radius 2 is 1.92 bits per heavy atom. The molecule has 1 aliphatic rings. The number of carbonyl (C=O) groups excluding carboxylic acids is 2. The van der Waals surface area contributed by atoms with Crippen LogP contribution in [0.1, 0.15) is 20.8 Å². The van der Waals surface area contributed by atoms with E-state index in [0.717, 1.165) is 0 Å². The fraction of sp³-hybridized carbons (Fsp3) is 0.556. The Kier molecular flexibility index (Phi) is 2.04. The Morgan fingerprint density at radius 1 is 1.33 bits per heavy atom. The van der Waals surface area contributed by atoms with Gasteiger partial charge in [0.15, 0.2) is 6.61 Å². The molecule has 0 aliphatic carbocycles. The lowest BCUT2D eigenvalue weighted by Gasteiger charge is -2.11. The van der Waals surface area contributed by atoms with Gasteiger partial charge in [0.05, 0.1) is 0 Å². The quantitative estimate of drug-likeness (QED) is 0.309. The highest BCUT2D eigenvalue weighted by atomic mass is 16.5. The zero-order valence-corrected chi connectivity index (χ0v) is 7.51. The number of ether oxygens (including phenoxy) is 1. The molecule has 1 saturated heterocycles. The summed E-state index contributed by atoms with van der Waals surface area (Å²) in [5, 5.41) is 0. The molecule has 3 nitrogen and oxygen atoms in total. The summed E-state index contributed by atoms with van der Waals surface area (Å²) in [7, 11) is 0. The molecule has 3 heteroatoms. The van der Waals surface area contributed by atoms with Crippen LogP contribution in [0.25, 0.3) is 0 Å². The molecule has 1 rings (SSSR count). The molecule has 1 heterocycles. The van der Waals surface area contributed by atoms with E-state index >= 15 is 0 Å². The third kappa shape index (κ3) is 1.94. The molecule has 1 fully saturated rings. The average molecular weight is 168 g/mol. The maximum Gasteiger partial charge on any atom is 0.342 e. The van der Waals surface area contributed by atoms with Crippen molar-refractivity contribution in [2.24, 2.45) is 5.41 Å². The van der Waals surface area contributed by atoms with Crippen LogP contribution in [0.15, 0.2) is 11.6 Å². The van der Waals surface area contributed by atoms with Crippen LogP contribution in [-0.4, -0.2) is 18.4 Å². The minimum Gasteiger partial charge on any atom is -0.454 e. The Bertz CT molecular complexity index is 237. The van der Waals surface area contributed by atoms with Crippen LogP contribution in [-0.2, 0) is 14.3 Å². The van der Waals surface area contributed by atoms with Crippen molar-refractivity contribution in [3.8, 4) is 0 Å². The van der Waals surface area contributed by atoms with Gasteiger partial charge in [-0.1, -0.05) is 26.8 Å². The summed E-state index contributed by atoms with van der Waals surface area (Å²) in [6.07, 6.45) is 1.66. The van der Waals surface area contributed by atoms with Crippen molar-refractivity contribution < 1.29 is 14.3 Å². The zero-order valence-electron chi connectivity index (χ0n) is 7.51. The fourth-order valence-electron chi connectivity index (χ4n) is 0.973. The lowest BCUT2D eigenvalue weighted by atomic mass is 9.93. The Morgan fingerprint density at radius 3 is 2.25 bits per heavy atom. The molecule has 0 radical (unpaired) electrons. The smallest absolute Gasteiger partial charge is 0.342 e. The van der Waals surface area contributed by atoms with E-state index in [9.17, 15) is 9.59 Å². The molecular weight excluding hydrogens is 156 g/mol. The molecule has 0 aromatic heterocycles. The number of hydrogen-bond acceptors (Lipinski definition) is 3. The lowest BCUT2D eigenvalue weighted by molar-refractivity contribution is -0.135. The molecule has 1 aliphatic heterocycles. The molecule has 0 aromatic carbocycles. The summed E-state index contributed by atoms with van der Waals surface area (Å²) >= 11 is 0. The van der Waals surface area contributed by atoms with E-state index in [-0.39, 0.29) is 23.4 Å². The molecule has 0 amide bonds. The molecular formula is C9H12O3. The molecule has 0 atom stereocenters. The first-order valence-corrected chi connectivity index (χ1v) is 3.83. The van der Waals surface area contributed by atoms with Crippen LogP contribution in [0, 0.1) is 5.41 Å². The molecule has 0 aromatic rings. The summed E-state index contributed by atoms with van der Waals surface area (Å²) in [5.74, 6) is -0.704. The molecule has 0 unspecified atom stereocenters. The summed E-state index contributed by atoms with van der Waals surface area (Å²) in [4.78, 5) is 22.0. The lowest BCUT2D eigenvalue weighted by Crippen LogP contribution is -2.08. The van der Waals surface area contributed by atoms with Crippen molar-refractivity contribution in [3.05, 3.63) is 11.6 Å². The minimum absolute atomic E-state index is 0.0965. The number of ketones is 1. The molecule has 0 bridgehead atoms. The van der Waals surface area contributed by atoms with Gasteiger partial charge in [0.2, 0.25) is 5.78 Å².